The Hall–Kier alpha value is -5.73. The van der Waals surface area contributed by atoms with Gasteiger partial charge in [0, 0.05) is 29.5 Å². The molecular weight excluding hydrogens is 894 g/mol. The predicted molar refractivity (Wildman–Crippen MR) is 182 cm³/mol. The summed E-state index contributed by atoms with van der Waals surface area (Å²) in [6, 6.07) is 28.0. The van der Waals surface area contributed by atoms with Crippen LogP contribution in [0.1, 0.15) is 17.0 Å². The Bertz CT molecular complexity index is 2360. The number of pyridine rings is 1. The van der Waals surface area contributed by atoms with Crippen molar-refractivity contribution in [3.8, 4) is 11.5 Å². The molecule has 0 radical (unpaired) electrons. The average molecular weight is 925 g/mol. The van der Waals surface area contributed by atoms with E-state index in [-0.39, 0.29) is 25.9 Å². The summed E-state index contributed by atoms with van der Waals surface area (Å²) in [5, 5.41) is 5.25. The summed E-state index contributed by atoms with van der Waals surface area (Å²) in [4.78, 5) is 7.13. The van der Waals surface area contributed by atoms with Crippen LogP contribution in [0.2, 0.25) is 0 Å². The van der Waals surface area contributed by atoms with Gasteiger partial charge in [-0.3, -0.25) is 10.1 Å². The molecule has 0 atom stereocenters. The van der Waals surface area contributed by atoms with Gasteiger partial charge in [0.05, 0.1) is 14.1 Å². The topological polar surface area (TPSA) is 72.1 Å². The fourth-order valence-corrected chi connectivity index (χ4v) is 5.59. The van der Waals surface area contributed by atoms with Gasteiger partial charge in [-0.2, -0.15) is 18.3 Å². The maximum atomic E-state index is 13.7. The maximum absolute atomic E-state index is 13.7. The van der Waals surface area contributed by atoms with E-state index in [1.807, 2.05) is 98.6 Å². The van der Waals surface area contributed by atoms with E-state index in [4.69, 9.17) is 0 Å². The van der Waals surface area contributed by atoms with Crippen LogP contribution < -0.4 is 9.13 Å². The molecule has 0 aliphatic carbocycles. The molecule has 0 aliphatic rings. The Morgan fingerprint density at radius 3 is 1.56 bits per heavy atom. The Morgan fingerprint density at radius 1 is 0.648 bits per heavy atom. The smallest absolute Gasteiger partial charge is 0.255 e. The van der Waals surface area contributed by atoms with Gasteiger partial charge in [0.25, 0.3) is 0 Å². The molecule has 8 rings (SSSR count). The van der Waals surface area contributed by atoms with E-state index in [9.17, 15) is 30.7 Å². The van der Waals surface area contributed by atoms with Gasteiger partial charge in [-0.25, -0.2) is 40.8 Å². The maximum Gasteiger partial charge on any atom is 3.00 e. The zero-order chi connectivity index (χ0) is 37.7. The number of H-pyrrole nitrogens is 1. The van der Waals surface area contributed by atoms with Crippen LogP contribution in [0.4, 0.5) is 30.7 Å². The van der Waals surface area contributed by atoms with Crippen molar-refractivity contribution in [2.75, 3.05) is 0 Å². The van der Waals surface area contributed by atoms with Gasteiger partial charge in [0.2, 0.25) is 18.5 Å². The molecule has 0 saturated carbocycles. The van der Waals surface area contributed by atoms with Gasteiger partial charge in [-0.05, 0) is 60.7 Å². The molecule has 0 bridgehead atoms. The SMILES string of the molecule is C[n+]1cn(Cc2ccc(F)cc2F)c2ccccc21.C[n+]1cn(Cc2ccc(F)cc2F)c2ccccc21.FC(F)(F)c1nc(-c2ccccn2)n[nH]1.[Ir+3]. The molecule has 0 fully saturated rings. The number of hydrogen-bond donors (Lipinski definition) is 1. The van der Waals surface area contributed by atoms with Gasteiger partial charge in [-0.1, -0.05) is 30.3 Å². The zero-order valence-corrected chi connectivity index (χ0v) is 31.0. The van der Waals surface area contributed by atoms with E-state index >= 15 is 0 Å². The minimum atomic E-state index is -4.51. The summed E-state index contributed by atoms with van der Waals surface area (Å²) in [6.45, 7) is 0.765. The van der Waals surface area contributed by atoms with Crippen molar-refractivity contribution in [2.24, 2.45) is 14.1 Å². The monoisotopic (exact) mass is 925 g/mol. The number of aromatic amines is 1. The molecule has 0 amide bonds. The Morgan fingerprint density at radius 2 is 1.13 bits per heavy atom. The van der Waals surface area contributed by atoms with Crippen LogP contribution in [-0.4, -0.2) is 29.3 Å². The Kier molecular flexibility index (Phi) is 12.4. The second-order valence-corrected chi connectivity index (χ2v) is 11.9. The Balaban J connectivity index is 0.000000156. The summed E-state index contributed by atoms with van der Waals surface area (Å²) >= 11 is 0. The first-order chi connectivity index (χ1) is 25.4. The van der Waals surface area contributed by atoms with Crippen LogP contribution in [-0.2, 0) is 53.5 Å². The zero-order valence-electron chi connectivity index (χ0n) is 28.6. The van der Waals surface area contributed by atoms with Crippen LogP contribution >= 0.6 is 0 Å². The standard InChI is InChI=1S/2C15H13F2N2.C8H5F3N4.Ir/c2*1-18-10-19(15-5-3-2-4-14(15)18)9-11-6-7-12(16)8-13(11)17;9-8(10,11)7-13-6(14-15-7)5-3-1-2-4-12-5;/h2*2-8,10H,9H2,1H3;1-4H,(H,13,14,15);/q2*+1;;+3. The summed E-state index contributed by atoms with van der Waals surface area (Å²) in [5.41, 5.74) is 5.44. The summed E-state index contributed by atoms with van der Waals surface area (Å²) in [5.74, 6) is -3.32. The van der Waals surface area contributed by atoms with Gasteiger partial charge < -0.3 is 0 Å². The number of fused-ring (bicyclic) bond motifs is 2. The molecule has 0 unspecified atom stereocenters. The van der Waals surface area contributed by atoms with Crippen LogP contribution in [0.3, 0.4) is 0 Å². The minimum absolute atomic E-state index is 0. The fraction of sp³-hybridized carbons (Fsp3) is 0.132. The number of imidazole rings is 2. The number of rotatable bonds is 5. The van der Waals surface area contributed by atoms with Crippen LogP contribution in [0.15, 0.2) is 122 Å². The quantitative estimate of drug-likeness (QED) is 0.144. The average Bonchev–Trinajstić information content (AvgIpc) is 3.85. The number of para-hydroxylation sites is 4. The van der Waals surface area contributed by atoms with Crippen molar-refractivity contribution < 1.29 is 60.0 Å². The predicted octanol–water partition coefficient (Wildman–Crippen LogP) is 7.47. The molecule has 4 heterocycles. The molecule has 8 aromatic rings. The van der Waals surface area contributed by atoms with E-state index in [1.54, 1.807) is 12.1 Å². The van der Waals surface area contributed by atoms with Crippen LogP contribution in [0, 0.1) is 23.3 Å². The van der Waals surface area contributed by atoms with Gasteiger partial charge in [0.1, 0.15) is 42.1 Å². The van der Waals surface area contributed by atoms with Gasteiger partial charge >= 0.3 is 26.3 Å². The number of benzene rings is 4. The van der Waals surface area contributed by atoms with E-state index in [2.05, 4.69) is 15.1 Å². The summed E-state index contributed by atoms with van der Waals surface area (Å²) < 4.78 is 97.5. The third-order valence-electron chi connectivity index (χ3n) is 8.13. The largest absolute Gasteiger partial charge is 3.00 e. The second kappa shape index (κ2) is 16.9. The third-order valence-corrected chi connectivity index (χ3v) is 8.13. The first-order valence-electron chi connectivity index (χ1n) is 16.0. The first-order valence-corrected chi connectivity index (χ1v) is 16.0. The summed E-state index contributed by atoms with van der Waals surface area (Å²) in [6.07, 6.45) is 0.764. The van der Waals surface area contributed by atoms with E-state index < -0.39 is 35.3 Å². The van der Waals surface area contributed by atoms with Crippen molar-refractivity contribution in [1.29, 1.82) is 0 Å². The van der Waals surface area contributed by atoms with Crippen molar-refractivity contribution in [2.45, 2.75) is 19.3 Å². The third kappa shape index (κ3) is 9.25. The number of aryl methyl sites for hydroxylation is 2. The minimum Gasteiger partial charge on any atom is -0.255 e. The van der Waals surface area contributed by atoms with Crippen molar-refractivity contribution >= 4 is 22.1 Å². The van der Waals surface area contributed by atoms with Crippen molar-refractivity contribution in [1.82, 2.24) is 29.3 Å². The molecule has 1 N–H and O–H groups in total. The number of halogens is 7. The molecule has 8 nitrogen and oxygen atoms in total. The number of aromatic nitrogens is 8. The molecule has 0 aliphatic heterocycles. The molecular formula is C38H31F7IrN8+5. The molecule has 54 heavy (non-hydrogen) atoms. The molecule has 4 aromatic heterocycles. The van der Waals surface area contributed by atoms with Crippen LogP contribution in [0.25, 0.3) is 33.6 Å². The number of hydrogen-bond acceptors (Lipinski definition) is 3. The van der Waals surface area contributed by atoms with Gasteiger partial charge in [0.15, 0.2) is 27.9 Å². The number of nitrogens with one attached hydrogen (secondary N) is 1. The molecule has 0 saturated heterocycles. The van der Waals surface area contributed by atoms with E-state index in [0.717, 1.165) is 34.2 Å². The number of nitrogens with zero attached hydrogens (tertiary/aromatic N) is 7. The molecule has 276 valence electrons. The molecule has 4 aromatic carbocycles. The fourth-order valence-electron chi connectivity index (χ4n) is 5.59. The summed E-state index contributed by atoms with van der Waals surface area (Å²) in [7, 11) is 3.89. The first kappa shape index (κ1) is 39.5. The van der Waals surface area contributed by atoms with Crippen molar-refractivity contribution in [3.63, 3.8) is 0 Å². The van der Waals surface area contributed by atoms with Crippen molar-refractivity contribution in [3.05, 3.63) is 162 Å². The van der Waals surface area contributed by atoms with E-state index in [1.165, 1.54) is 36.5 Å². The van der Waals surface area contributed by atoms with Crippen LogP contribution in [0.5, 0.6) is 0 Å². The molecule has 0 spiro atoms. The molecule has 16 heteroatoms. The second-order valence-electron chi connectivity index (χ2n) is 11.9. The van der Waals surface area contributed by atoms with Gasteiger partial charge in [-0.15, -0.1) is 0 Å². The van der Waals surface area contributed by atoms with E-state index in [0.29, 0.717) is 29.9 Å². The Labute approximate surface area is 317 Å². The normalized spacial score (nSPS) is 11.1. The number of alkyl halides is 3.